The second kappa shape index (κ2) is 17.8. The number of aliphatic hydroxyl groups is 2. The zero-order chi connectivity index (χ0) is 11.1. The maximum absolute atomic E-state index is 9.58. The van der Waals surface area contributed by atoms with Crippen LogP contribution < -0.4 is 0 Å². The highest BCUT2D eigenvalue weighted by Crippen LogP contribution is 1.88. The molecule has 6 heteroatoms. The average molecular weight is 208 g/mol. The van der Waals surface area contributed by atoms with Crippen molar-refractivity contribution < 1.29 is 29.3 Å². The number of rotatable bonds is 8. The topological polar surface area (TPSA) is 93.1 Å². The van der Waals surface area contributed by atoms with E-state index in [1.54, 1.807) is 0 Å². The minimum atomic E-state index is -0.125. The molecule has 0 amide bonds. The molecule has 0 aliphatic heterocycles. The average Bonchev–Trinajstić information content (AvgIpc) is 2.24. The van der Waals surface area contributed by atoms with E-state index in [-0.39, 0.29) is 13.2 Å². The lowest BCUT2D eigenvalue weighted by Gasteiger charge is -1.97. The highest BCUT2D eigenvalue weighted by molar-refractivity contribution is 5.37. The first-order valence-electron chi connectivity index (χ1n) is 4.15. The monoisotopic (exact) mass is 208 g/mol. The Morgan fingerprint density at radius 3 is 1.43 bits per heavy atom. The molecule has 84 valence electrons. The molecule has 0 radical (unpaired) electrons. The van der Waals surface area contributed by atoms with E-state index < -0.39 is 0 Å². The van der Waals surface area contributed by atoms with Gasteiger partial charge in [0.2, 0.25) is 0 Å². The van der Waals surface area contributed by atoms with Crippen LogP contribution in [0.25, 0.3) is 0 Å². The molecule has 0 unspecified atom stereocenters. The predicted molar refractivity (Wildman–Crippen MR) is 47.4 cm³/mol. The van der Waals surface area contributed by atoms with Crippen LogP contribution in [0, 0.1) is 0 Å². The molecular weight excluding hydrogens is 192 g/mol. The Morgan fingerprint density at radius 1 is 0.857 bits per heavy atom. The normalized spacial score (nSPS) is 8.14. The summed E-state index contributed by atoms with van der Waals surface area (Å²) in [7, 11) is 0. The van der Waals surface area contributed by atoms with Crippen LogP contribution in [0.3, 0.4) is 0 Å². The fourth-order valence-corrected chi connectivity index (χ4v) is 0.467. The molecule has 0 atom stereocenters. The quantitative estimate of drug-likeness (QED) is 0.396. The van der Waals surface area contributed by atoms with Gasteiger partial charge in [0.05, 0.1) is 26.4 Å². The number of hydrogen-bond donors (Lipinski definition) is 2. The zero-order valence-corrected chi connectivity index (χ0v) is 7.92. The summed E-state index contributed by atoms with van der Waals surface area (Å²) in [6.45, 7) is 1.35. The predicted octanol–water partition coefficient (Wildman–Crippen LogP) is -0.916. The number of unbranched alkanes of at least 4 members (excludes halogenated alkanes) is 1. The first-order chi connectivity index (χ1) is 6.83. The van der Waals surface area contributed by atoms with Crippen LogP contribution in [-0.2, 0) is 19.1 Å². The molecular formula is C8H16O6. The van der Waals surface area contributed by atoms with Crippen LogP contribution in [0.1, 0.15) is 12.8 Å². The molecule has 0 aromatic rings. The Bertz CT molecular complexity index is 102. The Hall–Kier alpha value is -1.14. The van der Waals surface area contributed by atoms with Gasteiger partial charge in [-0.1, -0.05) is 0 Å². The van der Waals surface area contributed by atoms with Crippen LogP contribution in [0.4, 0.5) is 0 Å². The van der Waals surface area contributed by atoms with Crippen molar-refractivity contribution in [1.29, 1.82) is 0 Å². The van der Waals surface area contributed by atoms with Crippen molar-refractivity contribution in [2.75, 3.05) is 26.4 Å². The molecule has 0 saturated heterocycles. The second-order valence-electron chi connectivity index (χ2n) is 2.09. The summed E-state index contributed by atoms with van der Waals surface area (Å²) in [6.07, 6.45) is 1.46. The van der Waals surface area contributed by atoms with E-state index in [0.717, 1.165) is 12.8 Å². The largest absolute Gasteiger partial charge is 0.468 e. The lowest BCUT2D eigenvalue weighted by Crippen LogP contribution is -1.96. The lowest BCUT2D eigenvalue weighted by atomic mass is 10.3. The van der Waals surface area contributed by atoms with Gasteiger partial charge in [0.1, 0.15) is 0 Å². The van der Waals surface area contributed by atoms with Crippen molar-refractivity contribution in [2.24, 2.45) is 0 Å². The van der Waals surface area contributed by atoms with Crippen LogP contribution in [0.15, 0.2) is 0 Å². The van der Waals surface area contributed by atoms with Crippen LogP contribution in [0.5, 0.6) is 0 Å². The van der Waals surface area contributed by atoms with Crippen molar-refractivity contribution in [2.45, 2.75) is 12.8 Å². The Balaban J connectivity index is 0. The fraction of sp³-hybridized carbons (Fsp3) is 0.750. The molecule has 0 aliphatic carbocycles. The van der Waals surface area contributed by atoms with E-state index in [1.807, 2.05) is 0 Å². The first kappa shape index (κ1) is 15.3. The third-order valence-electron chi connectivity index (χ3n) is 1.01. The van der Waals surface area contributed by atoms with E-state index in [4.69, 9.17) is 10.2 Å². The highest BCUT2D eigenvalue weighted by Gasteiger charge is 1.87. The third kappa shape index (κ3) is 22.4. The first-order valence-corrected chi connectivity index (χ1v) is 4.15. The van der Waals surface area contributed by atoms with Crippen LogP contribution in [-0.4, -0.2) is 49.6 Å². The number of hydrogen-bond acceptors (Lipinski definition) is 6. The van der Waals surface area contributed by atoms with Gasteiger partial charge >= 0.3 is 0 Å². The molecule has 0 heterocycles. The zero-order valence-electron chi connectivity index (χ0n) is 7.92. The van der Waals surface area contributed by atoms with Gasteiger partial charge in [-0.15, -0.1) is 0 Å². The maximum Gasteiger partial charge on any atom is 0.293 e. The Kier molecular flexibility index (Phi) is 19.5. The Labute approximate surface area is 82.4 Å². The summed E-state index contributed by atoms with van der Waals surface area (Å²) in [5.41, 5.74) is 0. The minimum absolute atomic E-state index is 0.125. The summed E-state index contributed by atoms with van der Waals surface area (Å²) in [5.74, 6) is 0. The molecule has 0 aromatic heterocycles. The lowest BCUT2D eigenvalue weighted by molar-refractivity contribution is -0.131. The van der Waals surface area contributed by atoms with E-state index in [9.17, 15) is 9.59 Å². The molecule has 0 aliphatic rings. The van der Waals surface area contributed by atoms with Crippen molar-refractivity contribution in [3.05, 3.63) is 0 Å². The summed E-state index contributed by atoms with van der Waals surface area (Å²) in [5, 5.41) is 15.2. The van der Waals surface area contributed by atoms with Gasteiger partial charge in [-0.05, 0) is 12.8 Å². The number of aliphatic hydroxyl groups excluding tert-OH is 2. The standard InChI is InChI=1S/C6H10O4.C2H6O2/c7-5-9-3-1-2-4-10-6-8;3-1-2-4/h5-6H,1-4H2;3-4H,1-2H2. The van der Waals surface area contributed by atoms with E-state index >= 15 is 0 Å². The van der Waals surface area contributed by atoms with E-state index in [0.29, 0.717) is 26.2 Å². The number of carbonyl (C=O) groups excluding carboxylic acids is 2. The molecule has 0 bridgehead atoms. The van der Waals surface area contributed by atoms with E-state index in [1.165, 1.54) is 0 Å². The molecule has 0 aromatic carbocycles. The highest BCUT2D eigenvalue weighted by atomic mass is 16.5. The molecule has 0 saturated carbocycles. The van der Waals surface area contributed by atoms with Crippen molar-refractivity contribution in [3.8, 4) is 0 Å². The molecule has 14 heavy (non-hydrogen) atoms. The number of ether oxygens (including phenoxy) is 2. The molecule has 0 rings (SSSR count). The van der Waals surface area contributed by atoms with Gasteiger partial charge in [-0.3, -0.25) is 9.59 Å². The van der Waals surface area contributed by atoms with Gasteiger partial charge in [0.15, 0.2) is 0 Å². The molecule has 0 spiro atoms. The third-order valence-corrected chi connectivity index (χ3v) is 1.01. The van der Waals surface area contributed by atoms with Gasteiger partial charge < -0.3 is 19.7 Å². The summed E-state index contributed by atoms with van der Waals surface area (Å²) < 4.78 is 8.78. The fourth-order valence-electron chi connectivity index (χ4n) is 0.467. The molecule has 0 fully saturated rings. The SMILES string of the molecule is O=COCCCCOC=O.OCCO. The van der Waals surface area contributed by atoms with Crippen LogP contribution >= 0.6 is 0 Å². The smallest absolute Gasteiger partial charge is 0.293 e. The van der Waals surface area contributed by atoms with Gasteiger partial charge in [0, 0.05) is 0 Å². The van der Waals surface area contributed by atoms with Crippen molar-refractivity contribution in [3.63, 3.8) is 0 Å². The molecule has 6 nitrogen and oxygen atoms in total. The summed E-state index contributed by atoms with van der Waals surface area (Å²) in [4.78, 5) is 19.2. The van der Waals surface area contributed by atoms with Crippen molar-refractivity contribution >= 4 is 12.9 Å². The summed E-state index contributed by atoms with van der Waals surface area (Å²) in [6, 6.07) is 0. The summed E-state index contributed by atoms with van der Waals surface area (Å²) >= 11 is 0. The minimum Gasteiger partial charge on any atom is -0.468 e. The Morgan fingerprint density at radius 2 is 1.21 bits per heavy atom. The van der Waals surface area contributed by atoms with E-state index in [2.05, 4.69) is 9.47 Å². The maximum atomic E-state index is 9.58. The van der Waals surface area contributed by atoms with Gasteiger partial charge in [-0.25, -0.2) is 0 Å². The van der Waals surface area contributed by atoms with Crippen LogP contribution in [0.2, 0.25) is 0 Å². The van der Waals surface area contributed by atoms with Gasteiger partial charge in [-0.2, -0.15) is 0 Å². The second-order valence-corrected chi connectivity index (χ2v) is 2.09. The molecule has 2 N–H and O–H groups in total. The number of carbonyl (C=O) groups is 2. The van der Waals surface area contributed by atoms with Gasteiger partial charge in [0.25, 0.3) is 12.9 Å². The van der Waals surface area contributed by atoms with Crippen molar-refractivity contribution in [1.82, 2.24) is 0 Å².